The van der Waals surface area contributed by atoms with E-state index in [4.69, 9.17) is 10.00 Å². The third-order valence-corrected chi connectivity index (χ3v) is 3.33. The van der Waals surface area contributed by atoms with Gasteiger partial charge in [-0.05, 0) is 37.1 Å². The maximum absolute atomic E-state index is 11.9. The fraction of sp³-hybridized carbons (Fsp3) is 0.438. The van der Waals surface area contributed by atoms with Gasteiger partial charge in [0.15, 0.2) is 6.61 Å². The van der Waals surface area contributed by atoms with E-state index < -0.39 is 5.54 Å². The maximum atomic E-state index is 11.9. The summed E-state index contributed by atoms with van der Waals surface area (Å²) in [6.45, 7) is 6.66. The number of nitrogens with one attached hydrogen (secondary N) is 2. The lowest BCUT2D eigenvalue weighted by atomic mass is 9.90. The molecule has 0 fully saturated rings. The molecule has 0 radical (unpaired) electrons. The van der Waals surface area contributed by atoms with Crippen LogP contribution in [0.3, 0.4) is 0 Å². The number of carbonyl (C=O) groups is 2. The van der Waals surface area contributed by atoms with Gasteiger partial charge in [0.05, 0.1) is 6.07 Å². The summed E-state index contributed by atoms with van der Waals surface area (Å²) in [4.78, 5) is 22.8. The number of benzene rings is 1. The van der Waals surface area contributed by atoms with Gasteiger partial charge in [0.25, 0.3) is 5.91 Å². The highest BCUT2D eigenvalue weighted by molar-refractivity contribution is 5.88. The standard InChI is InChI=1S/C16H21N3O3/c1-11(2)16(4,10-17)19-15(21)9-22-14-7-5-13(6-8-14)18-12(3)20/h5-8,11H,9H2,1-4H3,(H,18,20)(H,19,21)/t16-/m0/s1. The van der Waals surface area contributed by atoms with Crippen molar-refractivity contribution < 1.29 is 14.3 Å². The fourth-order valence-corrected chi connectivity index (χ4v) is 1.61. The Morgan fingerprint density at radius 2 is 1.91 bits per heavy atom. The van der Waals surface area contributed by atoms with E-state index in [9.17, 15) is 9.59 Å². The van der Waals surface area contributed by atoms with E-state index in [1.807, 2.05) is 13.8 Å². The summed E-state index contributed by atoms with van der Waals surface area (Å²) >= 11 is 0. The summed E-state index contributed by atoms with van der Waals surface area (Å²) in [6, 6.07) is 8.78. The predicted molar refractivity (Wildman–Crippen MR) is 83.2 cm³/mol. The molecule has 2 N–H and O–H groups in total. The molecular weight excluding hydrogens is 282 g/mol. The van der Waals surface area contributed by atoms with E-state index >= 15 is 0 Å². The third-order valence-electron chi connectivity index (χ3n) is 3.33. The molecule has 0 saturated carbocycles. The molecule has 0 saturated heterocycles. The Labute approximate surface area is 130 Å². The molecular formula is C16H21N3O3. The van der Waals surface area contributed by atoms with E-state index in [1.165, 1.54) is 6.92 Å². The van der Waals surface area contributed by atoms with Gasteiger partial charge < -0.3 is 15.4 Å². The molecule has 1 aromatic carbocycles. The van der Waals surface area contributed by atoms with Crippen molar-refractivity contribution in [1.82, 2.24) is 5.32 Å². The Hall–Kier alpha value is -2.55. The van der Waals surface area contributed by atoms with E-state index in [2.05, 4.69) is 16.7 Å². The van der Waals surface area contributed by atoms with Gasteiger partial charge in [0.2, 0.25) is 5.91 Å². The first-order chi connectivity index (χ1) is 10.3. The molecule has 0 aliphatic heterocycles. The molecule has 1 atom stereocenters. The van der Waals surface area contributed by atoms with Crippen LogP contribution in [0.25, 0.3) is 0 Å². The summed E-state index contributed by atoms with van der Waals surface area (Å²) in [5.74, 6) is -0.0212. The van der Waals surface area contributed by atoms with Crippen LogP contribution in [0.2, 0.25) is 0 Å². The first-order valence-corrected chi connectivity index (χ1v) is 6.99. The van der Waals surface area contributed by atoms with Crippen molar-refractivity contribution in [2.75, 3.05) is 11.9 Å². The zero-order valence-electron chi connectivity index (χ0n) is 13.3. The normalized spacial score (nSPS) is 12.9. The van der Waals surface area contributed by atoms with Crippen molar-refractivity contribution in [2.45, 2.75) is 33.2 Å². The van der Waals surface area contributed by atoms with Crippen LogP contribution in [0.4, 0.5) is 5.69 Å². The SMILES string of the molecule is CC(=O)Nc1ccc(OCC(=O)N[C@@](C)(C#N)C(C)C)cc1. The van der Waals surface area contributed by atoms with Gasteiger partial charge in [-0.3, -0.25) is 9.59 Å². The number of hydrogen-bond donors (Lipinski definition) is 2. The van der Waals surface area contributed by atoms with Crippen LogP contribution >= 0.6 is 0 Å². The van der Waals surface area contributed by atoms with E-state index in [0.717, 1.165) is 0 Å². The number of hydrogen-bond acceptors (Lipinski definition) is 4. The van der Waals surface area contributed by atoms with Crippen LogP contribution in [0.1, 0.15) is 27.7 Å². The minimum atomic E-state index is -0.921. The molecule has 118 valence electrons. The number of rotatable bonds is 6. The van der Waals surface area contributed by atoms with E-state index in [1.54, 1.807) is 31.2 Å². The summed E-state index contributed by atoms with van der Waals surface area (Å²) in [5.41, 5.74) is -0.267. The molecule has 2 amide bonds. The van der Waals surface area contributed by atoms with Crippen LogP contribution in [0.5, 0.6) is 5.75 Å². The van der Waals surface area contributed by atoms with Crippen LogP contribution in [0, 0.1) is 17.2 Å². The molecule has 0 aliphatic carbocycles. The predicted octanol–water partition coefficient (Wildman–Crippen LogP) is 2.08. The van der Waals surface area contributed by atoms with Crippen molar-refractivity contribution >= 4 is 17.5 Å². The van der Waals surface area contributed by atoms with Crippen molar-refractivity contribution in [3.63, 3.8) is 0 Å². The van der Waals surface area contributed by atoms with E-state index in [-0.39, 0.29) is 24.3 Å². The third kappa shape index (κ3) is 5.09. The van der Waals surface area contributed by atoms with Crippen molar-refractivity contribution in [3.05, 3.63) is 24.3 Å². The zero-order valence-corrected chi connectivity index (χ0v) is 13.3. The average molecular weight is 303 g/mol. The van der Waals surface area contributed by atoms with Crippen LogP contribution in [-0.2, 0) is 9.59 Å². The Balaban J connectivity index is 2.54. The molecule has 0 aliphatic rings. The number of carbonyl (C=O) groups excluding carboxylic acids is 2. The first kappa shape index (κ1) is 17.5. The highest BCUT2D eigenvalue weighted by atomic mass is 16.5. The zero-order chi connectivity index (χ0) is 16.8. The molecule has 1 aromatic rings. The van der Waals surface area contributed by atoms with Crippen LogP contribution in [0.15, 0.2) is 24.3 Å². The Kier molecular flexibility index (Phi) is 5.93. The van der Waals surface area contributed by atoms with Gasteiger partial charge in [-0.15, -0.1) is 0 Å². The largest absolute Gasteiger partial charge is 0.484 e. The second-order valence-corrected chi connectivity index (χ2v) is 5.51. The Bertz CT molecular complexity index is 575. The Morgan fingerprint density at radius 1 is 1.32 bits per heavy atom. The second kappa shape index (κ2) is 7.46. The molecule has 0 bridgehead atoms. The molecule has 6 heteroatoms. The number of ether oxygens (including phenoxy) is 1. The van der Waals surface area contributed by atoms with Crippen molar-refractivity contribution in [1.29, 1.82) is 5.26 Å². The lowest BCUT2D eigenvalue weighted by Gasteiger charge is -2.27. The van der Waals surface area contributed by atoms with Crippen LogP contribution < -0.4 is 15.4 Å². The van der Waals surface area contributed by atoms with Gasteiger partial charge >= 0.3 is 0 Å². The lowest BCUT2D eigenvalue weighted by molar-refractivity contribution is -0.124. The van der Waals surface area contributed by atoms with Gasteiger partial charge in [-0.1, -0.05) is 13.8 Å². The minimum absolute atomic E-state index is 0.0154. The fourth-order valence-electron chi connectivity index (χ4n) is 1.61. The Morgan fingerprint density at radius 3 is 2.36 bits per heavy atom. The highest BCUT2D eigenvalue weighted by Crippen LogP contribution is 2.17. The summed E-state index contributed by atoms with van der Waals surface area (Å²) in [5, 5.41) is 14.5. The topological polar surface area (TPSA) is 91.2 Å². The number of nitriles is 1. The summed E-state index contributed by atoms with van der Waals surface area (Å²) in [6.07, 6.45) is 0. The van der Waals surface area contributed by atoms with Gasteiger partial charge in [0.1, 0.15) is 11.3 Å². The highest BCUT2D eigenvalue weighted by Gasteiger charge is 2.29. The minimum Gasteiger partial charge on any atom is -0.484 e. The monoisotopic (exact) mass is 303 g/mol. The van der Waals surface area contributed by atoms with E-state index in [0.29, 0.717) is 11.4 Å². The van der Waals surface area contributed by atoms with Crippen LogP contribution in [-0.4, -0.2) is 24.0 Å². The molecule has 0 spiro atoms. The van der Waals surface area contributed by atoms with Gasteiger partial charge in [0, 0.05) is 12.6 Å². The molecule has 22 heavy (non-hydrogen) atoms. The number of amides is 2. The smallest absolute Gasteiger partial charge is 0.259 e. The lowest BCUT2D eigenvalue weighted by Crippen LogP contribution is -2.50. The van der Waals surface area contributed by atoms with Crippen molar-refractivity contribution in [2.24, 2.45) is 5.92 Å². The molecule has 0 aromatic heterocycles. The number of nitrogens with zero attached hydrogens (tertiary/aromatic N) is 1. The molecule has 6 nitrogen and oxygen atoms in total. The maximum Gasteiger partial charge on any atom is 0.259 e. The quantitative estimate of drug-likeness (QED) is 0.841. The van der Waals surface area contributed by atoms with Crippen molar-refractivity contribution in [3.8, 4) is 11.8 Å². The second-order valence-electron chi connectivity index (χ2n) is 5.51. The molecule has 1 rings (SSSR count). The summed E-state index contributed by atoms with van der Waals surface area (Å²) < 4.78 is 5.36. The average Bonchev–Trinajstić information content (AvgIpc) is 2.45. The number of anilines is 1. The molecule has 0 heterocycles. The summed E-state index contributed by atoms with van der Waals surface area (Å²) in [7, 11) is 0. The van der Waals surface area contributed by atoms with Gasteiger partial charge in [-0.2, -0.15) is 5.26 Å². The molecule has 0 unspecified atom stereocenters. The first-order valence-electron chi connectivity index (χ1n) is 6.99. The van der Waals surface area contributed by atoms with Gasteiger partial charge in [-0.25, -0.2) is 0 Å².